The van der Waals surface area contributed by atoms with E-state index in [4.69, 9.17) is 0 Å². The van der Waals surface area contributed by atoms with Crippen molar-refractivity contribution in [2.75, 3.05) is 31.2 Å². The molecule has 3 rings (SSSR count). The number of hydrogen-bond acceptors (Lipinski definition) is 6. The van der Waals surface area contributed by atoms with Crippen molar-refractivity contribution in [3.8, 4) is 0 Å². The maximum atomic E-state index is 13.0. The summed E-state index contributed by atoms with van der Waals surface area (Å²) in [7, 11) is -3.04. The Hall–Kier alpha value is -0.700. The Bertz CT molecular complexity index is 561. The van der Waals surface area contributed by atoms with Crippen LogP contribution in [0, 0.1) is 0 Å². The Morgan fingerprint density at radius 3 is 2.46 bits per heavy atom. The van der Waals surface area contributed by atoms with Crippen LogP contribution in [0.25, 0.3) is 0 Å². The summed E-state index contributed by atoms with van der Waals surface area (Å²) in [6, 6.07) is -0.275. The van der Waals surface area contributed by atoms with E-state index >= 15 is 0 Å². The van der Waals surface area contributed by atoms with Gasteiger partial charge in [0.05, 0.1) is 30.8 Å². The third kappa shape index (κ3) is 3.92. The second-order valence-corrected chi connectivity index (χ2v) is 9.68. The molecular formula is C16H28N2O5S. The van der Waals surface area contributed by atoms with Crippen LogP contribution >= 0.6 is 0 Å². The molecule has 0 aromatic rings. The number of carbonyl (C=O) groups excluding carboxylic acids is 1. The summed E-state index contributed by atoms with van der Waals surface area (Å²) in [6.07, 6.45) is 4.52. The summed E-state index contributed by atoms with van der Waals surface area (Å²) < 4.78 is 23.7. The molecule has 2 saturated heterocycles. The molecule has 1 amide bonds. The van der Waals surface area contributed by atoms with Gasteiger partial charge in [0.2, 0.25) is 5.91 Å². The first kappa shape index (κ1) is 18.1. The van der Waals surface area contributed by atoms with Gasteiger partial charge in [-0.05, 0) is 25.7 Å². The Morgan fingerprint density at radius 2 is 1.88 bits per heavy atom. The maximum absolute atomic E-state index is 13.0. The van der Waals surface area contributed by atoms with E-state index in [1.165, 1.54) is 0 Å². The second-order valence-electron chi connectivity index (χ2n) is 7.45. The molecule has 0 aromatic heterocycles. The second kappa shape index (κ2) is 7.27. The zero-order chi connectivity index (χ0) is 17.3. The van der Waals surface area contributed by atoms with E-state index in [-0.39, 0.29) is 48.7 Å². The third-order valence-corrected chi connectivity index (χ3v) is 7.41. The van der Waals surface area contributed by atoms with Crippen molar-refractivity contribution in [1.29, 1.82) is 0 Å². The lowest BCUT2D eigenvalue weighted by Gasteiger charge is -2.36. The zero-order valence-corrected chi connectivity index (χ0v) is 14.8. The maximum Gasteiger partial charge on any atom is 0.237 e. The van der Waals surface area contributed by atoms with Crippen LogP contribution in [0.3, 0.4) is 0 Å². The number of likely N-dealkylation sites (tertiary alicyclic amines) is 1. The van der Waals surface area contributed by atoms with Gasteiger partial charge in [-0.25, -0.2) is 8.42 Å². The highest BCUT2D eigenvalue weighted by molar-refractivity contribution is 7.91. The SMILES string of the molecule is O=C(CN1CC(O)CC1CO)N(C1CCCC1)C1CCS(=O)(=O)C1. The molecule has 0 bridgehead atoms. The predicted molar refractivity (Wildman–Crippen MR) is 89.2 cm³/mol. The number of aliphatic hydroxyl groups is 2. The fourth-order valence-electron chi connectivity index (χ4n) is 4.48. The largest absolute Gasteiger partial charge is 0.395 e. The number of β-amino-alcohol motifs (C(OH)–C–C–N with tert-alkyl or cyclic N) is 1. The van der Waals surface area contributed by atoms with Crippen molar-refractivity contribution >= 4 is 15.7 Å². The standard InChI is InChI=1S/C16H28N2O5S/c19-10-14-7-15(20)8-17(14)9-16(21)18(12-3-1-2-4-12)13-5-6-24(22,23)11-13/h12-15,19-20H,1-11H2. The van der Waals surface area contributed by atoms with Gasteiger partial charge in [0.1, 0.15) is 0 Å². The number of hydrogen-bond donors (Lipinski definition) is 2. The van der Waals surface area contributed by atoms with Crippen LogP contribution in [0.15, 0.2) is 0 Å². The van der Waals surface area contributed by atoms with Gasteiger partial charge in [-0.15, -0.1) is 0 Å². The number of rotatable bonds is 5. The van der Waals surface area contributed by atoms with Crippen molar-refractivity contribution in [1.82, 2.24) is 9.80 Å². The first-order valence-corrected chi connectivity index (χ1v) is 10.8. The van der Waals surface area contributed by atoms with Gasteiger partial charge in [-0.1, -0.05) is 12.8 Å². The van der Waals surface area contributed by atoms with Crippen molar-refractivity contribution < 1.29 is 23.4 Å². The molecule has 2 heterocycles. The Labute approximate surface area is 143 Å². The highest BCUT2D eigenvalue weighted by atomic mass is 32.2. The molecule has 1 aliphatic carbocycles. The molecule has 0 radical (unpaired) electrons. The van der Waals surface area contributed by atoms with Crippen LogP contribution < -0.4 is 0 Å². The molecule has 2 N–H and O–H groups in total. The van der Waals surface area contributed by atoms with Crippen LogP contribution in [0.2, 0.25) is 0 Å². The number of carbonyl (C=O) groups is 1. The molecule has 3 fully saturated rings. The van der Waals surface area contributed by atoms with E-state index in [0.29, 0.717) is 19.4 Å². The minimum Gasteiger partial charge on any atom is -0.395 e. The molecule has 0 aromatic carbocycles. The van der Waals surface area contributed by atoms with E-state index in [1.54, 1.807) is 0 Å². The topological polar surface area (TPSA) is 98.2 Å². The summed E-state index contributed by atoms with van der Waals surface area (Å²) in [5.74, 6) is 0.175. The molecule has 3 unspecified atom stereocenters. The lowest BCUT2D eigenvalue weighted by Crippen LogP contribution is -2.51. The summed E-state index contributed by atoms with van der Waals surface area (Å²) in [5, 5.41) is 19.2. The lowest BCUT2D eigenvalue weighted by atomic mass is 10.1. The molecular weight excluding hydrogens is 332 g/mol. The Balaban J connectivity index is 1.71. The first-order valence-electron chi connectivity index (χ1n) is 8.94. The molecule has 3 aliphatic rings. The van der Waals surface area contributed by atoms with Gasteiger partial charge in [-0.3, -0.25) is 9.69 Å². The van der Waals surface area contributed by atoms with E-state index in [2.05, 4.69) is 0 Å². The number of nitrogens with zero attached hydrogens (tertiary/aromatic N) is 2. The van der Waals surface area contributed by atoms with Crippen LogP contribution in [0.5, 0.6) is 0 Å². The quantitative estimate of drug-likeness (QED) is 0.678. The van der Waals surface area contributed by atoms with Crippen LogP contribution in [-0.2, 0) is 14.6 Å². The summed E-state index contributed by atoms with van der Waals surface area (Å²) in [6.45, 7) is 0.458. The molecule has 24 heavy (non-hydrogen) atoms. The Kier molecular flexibility index (Phi) is 5.48. The fourth-order valence-corrected chi connectivity index (χ4v) is 6.19. The molecule has 138 valence electrons. The van der Waals surface area contributed by atoms with Gasteiger partial charge in [-0.2, -0.15) is 0 Å². The highest BCUT2D eigenvalue weighted by Crippen LogP contribution is 2.30. The van der Waals surface area contributed by atoms with Gasteiger partial charge in [0, 0.05) is 24.7 Å². The number of sulfone groups is 1. The average molecular weight is 360 g/mol. The van der Waals surface area contributed by atoms with Gasteiger partial charge >= 0.3 is 0 Å². The average Bonchev–Trinajstić information content (AvgIpc) is 3.21. The molecule has 7 nitrogen and oxygen atoms in total. The van der Waals surface area contributed by atoms with Crippen LogP contribution in [0.4, 0.5) is 0 Å². The van der Waals surface area contributed by atoms with E-state index in [1.807, 2.05) is 9.80 Å². The van der Waals surface area contributed by atoms with Crippen molar-refractivity contribution in [3.63, 3.8) is 0 Å². The molecule has 3 atom stereocenters. The minimum atomic E-state index is -3.04. The van der Waals surface area contributed by atoms with Crippen molar-refractivity contribution in [3.05, 3.63) is 0 Å². The minimum absolute atomic E-state index is 0.0587. The zero-order valence-electron chi connectivity index (χ0n) is 14.0. The molecule has 8 heteroatoms. The number of amides is 1. The smallest absolute Gasteiger partial charge is 0.237 e. The highest BCUT2D eigenvalue weighted by Gasteiger charge is 2.40. The normalized spacial score (nSPS) is 34.0. The van der Waals surface area contributed by atoms with E-state index in [0.717, 1.165) is 25.7 Å². The molecule has 1 saturated carbocycles. The Morgan fingerprint density at radius 1 is 1.17 bits per heavy atom. The third-order valence-electron chi connectivity index (χ3n) is 5.66. The summed E-state index contributed by atoms with van der Waals surface area (Å²) in [4.78, 5) is 16.6. The van der Waals surface area contributed by atoms with Gasteiger partial charge in [0.15, 0.2) is 9.84 Å². The van der Waals surface area contributed by atoms with Crippen molar-refractivity contribution in [2.45, 2.75) is 62.8 Å². The first-order chi connectivity index (χ1) is 11.4. The predicted octanol–water partition coefficient (Wildman–Crippen LogP) is -0.628. The van der Waals surface area contributed by atoms with E-state index in [9.17, 15) is 23.4 Å². The van der Waals surface area contributed by atoms with Crippen LogP contribution in [-0.4, -0.2) is 89.8 Å². The van der Waals surface area contributed by atoms with Crippen LogP contribution in [0.1, 0.15) is 38.5 Å². The van der Waals surface area contributed by atoms with Crippen molar-refractivity contribution in [2.24, 2.45) is 0 Å². The number of aliphatic hydroxyl groups excluding tert-OH is 2. The van der Waals surface area contributed by atoms with E-state index < -0.39 is 15.9 Å². The fraction of sp³-hybridized carbons (Fsp3) is 0.938. The van der Waals surface area contributed by atoms with Gasteiger partial charge < -0.3 is 15.1 Å². The molecule has 2 aliphatic heterocycles. The molecule has 0 spiro atoms. The summed E-state index contributed by atoms with van der Waals surface area (Å²) in [5.41, 5.74) is 0. The van der Waals surface area contributed by atoms with Gasteiger partial charge in [0.25, 0.3) is 0 Å². The summed E-state index contributed by atoms with van der Waals surface area (Å²) >= 11 is 0. The lowest BCUT2D eigenvalue weighted by molar-refractivity contribution is -0.137. The monoisotopic (exact) mass is 360 g/mol.